The van der Waals surface area contributed by atoms with Crippen molar-refractivity contribution in [1.29, 1.82) is 0 Å². The van der Waals surface area contributed by atoms with Crippen LogP contribution in [-0.4, -0.2) is 22.2 Å². The second-order valence-corrected chi connectivity index (χ2v) is 7.67. The molecule has 158 valence electrons. The fourth-order valence-electron chi connectivity index (χ4n) is 3.33. The molecule has 4 heteroatoms. The standard InChI is InChI=1S/C23H42O4/c1-2-3-4-5-6-7-8-9-10-12-15-18-21(23(26)27)19-16-13-11-14-17-20-22(24)25/h18H,2-17,19-20H2,1H3,(H,24,25)(H,26,27). The first-order valence-corrected chi connectivity index (χ1v) is 11.2. The molecule has 0 rings (SSSR count). The third kappa shape index (κ3) is 19.3. The van der Waals surface area contributed by atoms with Crippen LogP contribution in [0.5, 0.6) is 0 Å². The summed E-state index contributed by atoms with van der Waals surface area (Å²) < 4.78 is 0. The van der Waals surface area contributed by atoms with E-state index in [1.165, 1.54) is 57.8 Å². The highest BCUT2D eigenvalue weighted by molar-refractivity contribution is 5.86. The molecule has 0 saturated heterocycles. The number of unbranched alkanes of at least 4 members (excludes halogenated alkanes) is 14. The van der Waals surface area contributed by atoms with E-state index in [-0.39, 0.29) is 6.42 Å². The molecule has 0 aliphatic heterocycles. The van der Waals surface area contributed by atoms with Crippen LogP contribution in [0.4, 0.5) is 0 Å². The summed E-state index contributed by atoms with van der Waals surface area (Å²) in [6.07, 6.45) is 21.1. The Morgan fingerprint density at radius 3 is 1.56 bits per heavy atom. The van der Waals surface area contributed by atoms with E-state index in [0.717, 1.165) is 44.9 Å². The first-order valence-electron chi connectivity index (χ1n) is 11.2. The van der Waals surface area contributed by atoms with Gasteiger partial charge < -0.3 is 10.2 Å². The quantitative estimate of drug-likeness (QED) is 0.173. The van der Waals surface area contributed by atoms with Crippen molar-refractivity contribution in [2.75, 3.05) is 0 Å². The molecule has 0 aliphatic carbocycles. The minimum atomic E-state index is -0.784. The summed E-state index contributed by atoms with van der Waals surface area (Å²) in [5.74, 6) is -1.52. The molecule has 0 heterocycles. The zero-order valence-corrected chi connectivity index (χ0v) is 17.5. The Bertz CT molecular complexity index is 401. The van der Waals surface area contributed by atoms with E-state index < -0.39 is 11.9 Å². The number of rotatable bonds is 20. The molecule has 4 nitrogen and oxygen atoms in total. The lowest BCUT2D eigenvalue weighted by atomic mass is 10.0. The largest absolute Gasteiger partial charge is 0.481 e. The second kappa shape index (κ2) is 19.4. The predicted octanol–water partition coefficient (Wildman–Crippen LogP) is 7.12. The summed E-state index contributed by atoms with van der Waals surface area (Å²) in [6.45, 7) is 2.25. The number of allylic oxidation sites excluding steroid dienone is 1. The highest BCUT2D eigenvalue weighted by atomic mass is 16.4. The molecule has 0 atom stereocenters. The van der Waals surface area contributed by atoms with Crippen molar-refractivity contribution >= 4 is 11.9 Å². The predicted molar refractivity (Wildman–Crippen MR) is 112 cm³/mol. The van der Waals surface area contributed by atoms with Gasteiger partial charge in [-0.25, -0.2) is 4.79 Å². The van der Waals surface area contributed by atoms with Crippen molar-refractivity contribution in [3.05, 3.63) is 11.6 Å². The normalized spacial score (nSPS) is 11.7. The molecule has 0 unspecified atom stereocenters. The van der Waals surface area contributed by atoms with Crippen LogP contribution in [0.25, 0.3) is 0 Å². The third-order valence-electron chi connectivity index (χ3n) is 5.06. The van der Waals surface area contributed by atoms with Crippen LogP contribution in [-0.2, 0) is 9.59 Å². The van der Waals surface area contributed by atoms with Crippen LogP contribution in [0.2, 0.25) is 0 Å². The first kappa shape index (κ1) is 25.7. The van der Waals surface area contributed by atoms with Gasteiger partial charge in [0.1, 0.15) is 0 Å². The van der Waals surface area contributed by atoms with Gasteiger partial charge in [0.05, 0.1) is 0 Å². The molecule has 0 fully saturated rings. The number of carbonyl (C=O) groups is 2. The minimum absolute atomic E-state index is 0.235. The van der Waals surface area contributed by atoms with Crippen LogP contribution >= 0.6 is 0 Å². The number of hydrogen-bond donors (Lipinski definition) is 2. The van der Waals surface area contributed by atoms with Crippen LogP contribution in [0, 0.1) is 0 Å². The smallest absolute Gasteiger partial charge is 0.331 e. The molecule has 0 radical (unpaired) electrons. The summed E-state index contributed by atoms with van der Waals surface area (Å²) in [5, 5.41) is 17.9. The van der Waals surface area contributed by atoms with E-state index in [0.29, 0.717) is 12.0 Å². The lowest BCUT2D eigenvalue weighted by Crippen LogP contribution is -2.01. The van der Waals surface area contributed by atoms with Gasteiger partial charge in [-0.15, -0.1) is 0 Å². The minimum Gasteiger partial charge on any atom is -0.481 e. The average Bonchev–Trinajstić information content (AvgIpc) is 2.63. The lowest BCUT2D eigenvalue weighted by molar-refractivity contribution is -0.137. The number of aliphatic carboxylic acids is 2. The Morgan fingerprint density at radius 1 is 0.630 bits per heavy atom. The second-order valence-electron chi connectivity index (χ2n) is 7.67. The third-order valence-corrected chi connectivity index (χ3v) is 5.06. The van der Waals surface area contributed by atoms with Gasteiger partial charge in [-0.05, 0) is 32.1 Å². The molecule has 0 amide bonds. The van der Waals surface area contributed by atoms with Crippen molar-refractivity contribution < 1.29 is 19.8 Å². The molecule has 0 aromatic rings. The highest BCUT2D eigenvalue weighted by Crippen LogP contribution is 2.15. The number of carboxylic acid groups (broad SMARTS) is 2. The van der Waals surface area contributed by atoms with Gasteiger partial charge in [0.2, 0.25) is 0 Å². The number of hydrogen-bond acceptors (Lipinski definition) is 2. The summed E-state index contributed by atoms with van der Waals surface area (Å²) >= 11 is 0. The molecule has 0 aliphatic rings. The van der Waals surface area contributed by atoms with Crippen LogP contribution in [0.15, 0.2) is 11.6 Å². The molecular formula is C23H42O4. The van der Waals surface area contributed by atoms with E-state index in [2.05, 4.69) is 6.92 Å². The molecule has 0 bridgehead atoms. The van der Waals surface area contributed by atoms with Gasteiger partial charge in [0.25, 0.3) is 0 Å². The van der Waals surface area contributed by atoms with Gasteiger partial charge in [0, 0.05) is 12.0 Å². The zero-order valence-electron chi connectivity index (χ0n) is 17.5. The average molecular weight is 383 g/mol. The molecule has 2 N–H and O–H groups in total. The van der Waals surface area contributed by atoms with Gasteiger partial charge in [0.15, 0.2) is 0 Å². The van der Waals surface area contributed by atoms with Crippen molar-refractivity contribution in [3.8, 4) is 0 Å². The van der Waals surface area contributed by atoms with E-state index in [1.807, 2.05) is 6.08 Å². The maximum absolute atomic E-state index is 11.3. The van der Waals surface area contributed by atoms with E-state index in [1.54, 1.807) is 0 Å². The summed E-state index contributed by atoms with van der Waals surface area (Å²) in [6, 6.07) is 0. The fourth-order valence-corrected chi connectivity index (χ4v) is 3.33. The Hall–Kier alpha value is -1.32. The first-order chi connectivity index (χ1) is 13.1. The molecule has 0 aromatic carbocycles. The maximum atomic E-state index is 11.3. The zero-order chi connectivity index (χ0) is 20.2. The van der Waals surface area contributed by atoms with Crippen molar-refractivity contribution in [2.45, 2.75) is 122 Å². The van der Waals surface area contributed by atoms with E-state index in [4.69, 9.17) is 5.11 Å². The monoisotopic (exact) mass is 382 g/mol. The molecule has 0 saturated carbocycles. The lowest BCUT2D eigenvalue weighted by Gasteiger charge is -2.04. The van der Waals surface area contributed by atoms with Gasteiger partial charge >= 0.3 is 11.9 Å². The maximum Gasteiger partial charge on any atom is 0.331 e. The topological polar surface area (TPSA) is 74.6 Å². The Labute approximate surface area is 166 Å². The van der Waals surface area contributed by atoms with Crippen LogP contribution in [0.3, 0.4) is 0 Å². The van der Waals surface area contributed by atoms with E-state index in [9.17, 15) is 14.7 Å². The fraction of sp³-hybridized carbons (Fsp3) is 0.826. The SMILES string of the molecule is CCCCCCCCCCCCC=C(CCCCCCCC(=O)O)C(=O)O. The Balaban J connectivity index is 3.62. The Kier molecular flexibility index (Phi) is 18.5. The number of carboxylic acids is 2. The summed E-state index contributed by atoms with van der Waals surface area (Å²) in [4.78, 5) is 21.7. The molecule has 0 aromatic heterocycles. The van der Waals surface area contributed by atoms with Gasteiger partial charge in [-0.2, -0.15) is 0 Å². The Morgan fingerprint density at radius 2 is 1.07 bits per heavy atom. The molecule has 0 spiro atoms. The molecular weight excluding hydrogens is 340 g/mol. The van der Waals surface area contributed by atoms with Crippen LogP contribution in [0.1, 0.15) is 122 Å². The summed E-state index contributed by atoms with van der Waals surface area (Å²) in [7, 11) is 0. The van der Waals surface area contributed by atoms with Crippen LogP contribution < -0.4 is 0 Å². The summed E-state index contributed by atoms with van der Waals surface area (Å²) in [5.41, 5.74) is 0.552. The van der Waals surface area contributed by atoms with Gasteiger partial charge in [-0.1, -0.05) is 90.0 Å². The van der Waals surface area contributed by atoms with E-state index >= 15 is 0 Å². The van der Waals surface area contributed by atoms with Crippen molar-refractivity contribution in [1.82, 2.24) is 0 Å². The van der Waals surface area contributed by atoms with Crippen molar-refractivity contribution in [2.24, 2.45) is 0 Å². The molecule has 27 heavy (non-hydrogen) atoms. The van der Waals surface area contributed by atoms with Crippen molar-refractivity contribution in [3.63, 3.8) is 0 Å². The highest BCUT2D eigenvalue weighted by Gasteiger charge is 2.06. The van der Waals surface area contributed by atoms with Gasteiger partial charge in [-0.3, -0.25) is 4.79 Å².